The van der Waals surface area contributed by atoms with Crippen LogP contribution in [0.2, 0.25) is 5.02 Å². The SMILES string of the molecule is CC(CCCc1ccc(Cl)cc1)C(=O)O. The quantitative estimate of drug-likeness (QED) is 0.836. The molecule has 1 N–H and O–H groups in total. The Bertz CT molecular complexity index is 319. The van der Waals surface area contributed by atoms with Crippen molar-refractivity contribution in [1.82, 2.24) is 0 Å². The van der Waals surface area contributed by atoms with Crippen LogP contribution in [0.25, 0.3) is 0 Å². The highest BCUT2D eigenvalue weighted by Gasteiger charge is 2.09. The van der Waals surface area contributed by atoms with Gasteiger partial charge in [-0.3, -0.25) is 4.79 Å². The van der Waals surface area contributed by atoms with Crippen LogP contribution in [0.5, 0.6) is 0 Å². The minimum atomic E-state index is -0.717. The minimum Gasteiger partial charge on any atom is -0.481 e. The molecule has 0 radical (unpaired) electrons. The van der Waals surface area contributed by atoms with Gasteiger partial charge in [-0.15, -0.1) is 0 Å². The summed E-state index contributed by atoms with van der Waals surface area (Å²) in [6, 6.07) is 7.68. The second-order valence-corrected chi connectivity index (χ2v) is 4.19. The van der Waals surface area contributed by atoms with Gasteiger partial charge >= 0.3 is 5.97 Å². The van der Waals surface area contributed by atoms with E-state index in [4.69, 9.17) is 16.7 Å². The molecular formula is C12H15ClO2. The number of rotatable bonds is 5. The molecule has 1 rings (SSSR count). The summed E-state index contributed by atoms with van der Waals surface area (Å²) in [5, 5.41) is 9.43. The van der Waals surface area contributed by atoms with Crippen LogP contribution >= 0.6 is 11.6 Å². The van der Waals surface area contributed by atoms with Crippen molar-refractivity contribution in [2.24, 2.45) is 5.92 Å². The molecule has 1 aromatic carbocycles. The van der Waals surface area contributed by atoms with Gasteiger partial charge in [0.1, 0.15) is 0 Å². The normalized spacial score (nSPS) is 12.4. The van der Waals surface area contributed by atoms with Crippen molar-refractivity contribution in [3.63, 3.8) is 0 Å². The van der Waals surface area contributed by atoms with E-state index in [1.807, 2.05) is 24.3 Å². The molecule has 3 heteroatoms. The number of carboxylic acids is 1. The summed E-state index contributed by atoms with van der Waals surface area (Å²) in [6.45, 7) is 1.74. The molecular weight excluding hydrogens is 212 g/mol. The van der Waals surface area contributed by atoms with Gasteiger partial charge < -0.3 is 5.11 Å². The van der Waals surface area contributed by atoms with Crippen molar-refractivity contribution < 1.29 is 9.90 Å². The average molecular weight is 227 g/mol. The van der Waals surface area contributed by atoms with Gasteiger partial charge in [-0.25, -0.2) is 0 Å². The molecule has 0 fully saturated rings. The first-order valence-corrected chi connectivity index (χ1v) is 5.44. The molecule has 0 amide bonds. The van der Waals surface area contributed by atoms with Gasteiger partial charge in [0.2, 0.25) is 0 Å². The molecule has 0 aliphatic rings. The molecule has 0 spiro atoms. The number of aryl methyl sites for hydroxylation is 1. The zero-order valence-electron chi connectivity index (χ0n) is 8.74. The second kappa shape index (κ2) is 5.76. The topological polar surface area (TPSA) is 37.3 Å². The summed E-state index contributed by atoms with van der Waals surface area (Å²) in [6.07, 6.45) is 2.53. The number of benzene rings is 1. The van der Waals surface area contributed by atoms with Crippen LogP contribution < -0.4 is 0 Å². The summed E-state index contributed by atoms with van der Waals surface area (Å²) in [5.74, 6) is -0.969. The monoisotopic (exact) mass is 226 g/mol. The van der Waals surface area contributed by atoms with E-state index in [9.17, 15) is 4.79 Å². The zero-order chi connectivity index (χ0) is 11.3. The van der Waals surface area contributed by atoms with Crippen LogP contribution in [0.4, 0.5) is 0 Å². The molecule has 0 aromatic heterocycles. The average Bonchev–Trinajstić information content (AvgIpc) is 2.20. The Balaban J connectivity index is 2.32. The van der Waals surface area contributed by atoms with Crippen LogP contribution in [0, 0.1) is 5.92 Å². The van der Waals surface area contributed by atoms with Crippen LogP contribution in [-0.2, 0) is 11.2 Å². The highest BCUT2D eigenvalue weighted by Crippen LogP contribution is 2.13. The Labute approximate surface area is 94.9 Å². The molecule has 15 heavy (non-hydrogen) atoms. The predicted octanol–water partition coefficient (Wildman–Crippen LogP) is 3.38. The number of halogens is 1. The summed E-state index contributed by atoms with van der Waals surface area (Å²) >= 11 is 5.76. The molecule has 82 valence electrons. The lowest BCUT2D eigenvalue weighted by atomic mass is 10.0. The van der Waals surface area contributed by atoms with E-state index in [2.05, 4.69) is 0 Å². The Morgan fingerprint density at radius 1 is 1.40 bits per heavy atom. The lowest BCUT2D eigenvalue weighted by Gasteiger charge is -2.05. The molecule has 0 saturated carbocycles. The van der Waals surface area contributed by atoms with E-state index >= 15 is 0 Å². The van der Waals surface area contributed by atoms with Gasteiger partial charge in [0.25, 0.3) is 0 Å². The highest BCUT2D eigenvalue weighted by atomic mass is 35.5. The zero-order valence-corrected chi connectivity index (χ0v) is 9.50. The lowest BCUT2D eigenvalue weighted by molar-refractivity contribution is -0.141. The standard InChI is InChI=1S/C12H15ClO2/c1-9(12(14)15)3-2-4-10-5-7-11(13)8-6-10/h5-9H,2-4H2,1H3,(H,14,15). The minimum absolute atomic E-state index is 0.252. The van der Waals surface area contributed by atoms with Gasteiger partial charge in [-0.2, -0.15) is 0 Å². The fraction of sp³-hybridized carbons (Fsp3) is 0.417. The number of carboxylic acid groups (broad SMARTS) is 1. The molecule has 0 saturated heterocycles. The van der Waals surface area contributed by atoms with E-state index in [0.717, 1.165) is 24.3 Å². The fourth-order valence-corrected chi connectivity index (χ4v) is 1.51. The largest absolute Gasteiger partial charge is 0.481 e. The second-order valence-electron chi connectivity index (χ2n) is 3.76. The number of aliphatic carboxylic acids is 1. The van der Waals surface area contributed by atoms with Gasteiger partial charge in [-0.05, 0) is 37.0 Å². The molecule has 2 nitrogen and oxygen atoms in total. The van der Waals surface area contributed by atoms with Crippen molar-refractivity contribution in [3.05, 3.63) is 34.9 Å². The maximum absolute atomic E-state index is 10.6. The number of hydrogen-bond acceptors (Lipinski definition) is 1. The van der Waals surface area contributed by atoms with E-state index in [1.54, 1.807) is 6.92 Å². The molecule has 0 bridgehead atoms. The van der Waals surface area contributed by atoms with Crippen molar-refractivity contribution in [1.29, 1.82) is 0 Å². The molecule has 0 aliphatic carbocycles. The van der Waals surface area contributed by atoms with Crippen molar-refractivity contribution in [2.75, 3.05) is 0 Å². The molecule has 1 aromatic rings. The number of hydrogen-bond donors (Lipinski definition) is 1. The van der Waals surface area contributed by atoms with Crippen LogP contribution in [0.3, 0.4) is 0 Å². The molecule has 1 atom stereocenters. The van der Waals surface area contributed by atoms with Crippen LogP contribution in [0.15, 0.2) is 24.3 Å². The number of carbonyl (C=O) groups is 1. The maximum Gasteiger partial charge on any atom is 0.306 e. The third-order valence-electron chi connectivity index (χ3n) is 2.44. The Kier molecular flexibility index (Phi) is 4.63. The lowest BCUT2D eigenvalue weighted by Crippen LogP contribution is -2.09. The van der Waals surface area contributed by atoms with Gasteiger partial charge in [-0.1, -0.05) is 30.7 Å². The summed E-state index contributed by atoms with van der Waals surface area (Å²) in [4.78, 5) is 10.6. The maximum atomic E-state index is 10.6. The molecule has 0 heterocycles. The van der Waals surface area contributed by atoms with Gasteiger partial charge in [0.15, 0.2) is 0 Å². The van der Waals surface area contributed by atoms with Crippen LogP contribution in [-0.4, -0.2) is 11.1 Å². The first-order chi connectivity index (χ1) is 7.09. The third kappa shape index (κ3) is 4.34. The van der Waals surface area contributed by atoms with Crippen molar-refractivity contribution >= 4 is 17.6 Å². The first kappa shape index (κ1) is 12.1. The Hall–Kier alpha value is -1.02. The summed E-state index contributed by atoms with van der Waals surface area (Å²) in [5.41, 5.74) is 1.21. The highest BCUT2D eigenvalue weighted by molar-refractivity contribution is 6.30. The van der Waals surface area contributed by atoms with Crippen molar-refractivity contribution in [2.45, 2.75) is 26.2 Å². The third-order valence-corrected chi connectivity index (χ3v) is 2.69. The van der Waals surface area contributed by atoms with Crippen LogP contribution in [0.1, 0.15) is 25.3 Å². The first-order valence-electron chi connectivity index (χ1n) is 5.07. The van der Waals surface area contributed by atoms with E-state index < -0.39 is 5.97 Å². The van der Waals surface area contributed by atoms with E-state index in [1.165, 1.54) is 5.56 Å². The molecule has 1 unspecified atom stereocenters. The predicted molar refractivity (Wildman–Crippen MR) is 61.2 cm³/mol. The van der Waals surface area contributed by atoms with Crippen molar-refractivity contribution in [3.8, 4) is 0 Å². The van der Waals surface area contributed by atoms with E-state index in [-0.39, 0.29) is 5.92 Å². The smallest absolute Gasteiger partial charge is 0.306 e. The van der Waals surface area contributed by atoms with Gasteiger partial charge in [0.05, 0.1) is 5.92 Å². The fourth-order valence-electron chi connectivity index (χ4n) is 1.39. The Morgan fingerprint density at radius 3 is 2.53 bits per heavy atom. The summed E-state index contributed by atoms with van der Waals surface area (Å²) in [7, 11) is 0. The van der Waals surface area contributed by atoms with Gasteiger partial charge in [0, 0.05) is 5.02 Å². The molecule has 0 aliphatic heterocycles. The van der Waals surface area contributed by atoms with E-state index in [0.29, 0.717) is 0 Å². The summed E-state index contributed by atoms with van der Waals surface area (Å²) < 4.78 is 0. The Morgan fingerprint density at radius 2 is 2.00 bits per heavy atom.